The molecule has 120 valence electrons. The molecule has 2 rings (SSSR count). The molecule has 0 aliphatic rings. The van der Waals surface area contributed by atoms with E-state index in [9.17, 15) is 4.79 Å². The van der Waals surface area contributed by atoms with Crippen molar-refractivity contribution in [1.82, 2.24) is 5.32 Å². The fourth-order valence-corrected chi connectivity index (χ4v) is 2.74. The summed E-state index contributed by atoms with van der Waals surface area (Å²) in [5.41, 5.74) is 3.56. The zero-order valence-corrected chi connectivity index (χ0v) is 14.0. The van der Waals surface area contributed by atoms with Gasteiger partial charge in [0.1, 0.15) is 5.78 Å². The number of ketones is 1. The van der Waals surface area contributed by atoms with Crippen molar-refractivity contribution in [1.29, 1.82) is 0 Å². The minimum Gasteiger partial charge on any atom is -0.384 e. The third kappa shape index (κ3) is 5.41. The molecule has 0 heterocycles. The molecule has 2 nitrogen and oxygen atoms in total. The number of hydrogen-bond donors (Lipinski definition) is 1. The molecular formula is C21H25NO. The Hall–Kier alpha value is -2.35. The molecular weight excluding hydrogens is 282 g/mol. The van der Waals surface area contributed by atoms with Crippen LogP contribution in [0.25, 0.3) is 0 Å². The van der Waals surface area contributed by atoms with E-state index in [0.29, 0.717) is 6.42 Å². The number of allylic oxidation sites excluding steroid dienone is 2. The summed E-state index contributed by atoms with van der Waals surface area (Å²) in [6.07, 6.45) is 3.67. The second-order valence-electron chi connectivity index (χ2n) is 5.78. The maximum Gasteiger partial charge on any atom is 0.130 e. The molecule has 0 aromatic heterocycles. The van der Waals surface area contributed by atoms with Crippen LogP contribution in [0.1, 0.15) is 43.7 Å². The minimum absolute atomic E-state index is 0.0948. The van der Waals surface area contributed by atoms with Gasteiger partial charge in [-0.25, -0.2) is 0 Å². The first-order chi connectivity index (χ1) is 11.2. The molecule has 0 saturated carbocycles. The van der Waals surface area contributed by atoms with Crippen LogP contribution in [0.3, 0.4) is 0 Å². The SMILES string of the molecule is CC/C=C(\NCc1ccccc1)C(CC(C)=O)c1ccccc1. The molecule has 1 unspecified atom stereocenters. The number of nitrogens with one attached hydrogen (secondary N) is 1. The molecule has 2 aromatic rings. The first-order valence-corrected chi connectivity index (χ1v) is 8.23. The molecule has 0 amide bonds. The molecule has 0 spiro atoms. The van der Waals surface area contributed by atoms with Crippen molar-refractivity contribution in [3.63, 3.8) is 0 Å². The predicted octanol–water partition coefficient (Wildman–Crippen LogP) is 4.83. The van der Waals surface area contributed by atoms with E-state index in [1.807, 2.05) is 36.4 Å². The Morgan fingerprint density at radius 3 is 2.22 bits per heavy atom. The lowest BCUT2D eigenvalue weighted by Crippen LogP contribution is -2.21. The maximum atomic E-state index is 11.8. The van der Waals surface area contributed by atoms with Crippen molar-refractivity contribution < 1.29 is 4.79 Å². The fraction of sp³-hybridized carbons (Fsp3) is 0.286. The average Bonchev–Trinajstić information content (AvgIpc) is 2.58. The van der Waals surface area contributed by atoms with E-state index in [4.69, 9.17) is 0 Å². The third-order valence-electron chi connectivity index (χ3n) is 3.83. The topological polar surface area (TPSA) is 29.1 Å². The largest absolute Gasteiger partial charge is 0.384 e. The van der Waals surface area contributed by atoms with Gasteiger partial charge in [0.2, 0.25) is 0 Å². The molecule has 1 atom stereocenters. The molecule has 0 aliphatic heterocycles. The van der Waals surface area contributed by atoms with Crippen molar-refractivity contribution in [3.8, 4) is 0 Å². The Balaban J connectivity index is 2.20. The second-order valence-corrected chi connectivity index (χ2v) is 5.78. The second kappa shape index (κ2) is 8.94. The highest BCUT2D eigenvalue weighted by molar-refractivity contribution is 5.77. The van der Waals surface area contributed by atoms with Gasteiger partial charge in [-0.15, -0.1) is 0 Å². The zero-order valence-electron chi connectivity index (χ0n) is 14.0. The van der Waals surface area contributed by atoms with E-state index < -0.39 is 0 Å². The van der Waals surface area contributed by atoms with E-state index in [1.165, 1.54) is 11.1 Å². The lowest BCUT2D eigenvalue weighted by atomic mass is 9.90. The highest BCUT2D eigenvalue weighted by atomic mass is 16.1. The summed E-state index contributed by atoms with van der Waals surface area (Å²) in [6.45, 7) is 4.56. The predicted molar refractivity (Wildman–Crippen MR) is 96.1 cm³/mol. The monoisotopic (exact) mass is 307 g/mol. The number of Topliss-reactive ketones (excluding diaryl/α,β-unsaturated/α-hetero) is 1. The van der Waals surface area contributed by atoms with Crippen molar-refractivity contribution in [3.05, 3.63) is 83.6 Å². The number of carbonyl (C=O) groups is 1. The van der Waals surface area contributed by atoms with E-state index in [0.717, 1.165) is 18.7 Å². The van der Waals surface area contributed by atoms with Gasteiger partial charge < -0.3 is 5.32 Å². The van der Waals surface area contributed by atoms with Crippen LogP contribution in [0.4, 0.5) is 0 Å². The van der Waals surface area contributed by atoms with E-state index in [-0.39, 0.29) is 11.7 Å². The van der Waals surface area contributed by atoms with Crippen LogP contribution in [-0.4, -0.2) is 5.78 Å². The number of hydrogen-bond acceptors (Lipinski definition) is 2. The quantitative estimate of drug-likeness (QED) is 0.756. The molecule has 0 aliphatic carbocycles. The summed E-state index contributed by atoms with van der Waals surface area (Å²) in [5.74, 6) is 0.305. The molecule has 23 heavy (non-hydrogen) atoms. The Kier molecular flexibility index (Phi) is 6.61. The van der Waals surface area contributed by atoms with Crippen LogP contribution in [0.5, 0.6) is 0 Å². The van der Waals surface area contributed by atoms with Crippen molar-refractivity contribution in [2.75, 3.05) is 0 Å². The van der Waals surface area contributed by atoms with E-state index in [1.54, 1.807) is 6.92 Å². The van der Waals surface area contributed by atoms with Crippen molar-refractivity contribution >= 4 is 5.78 Å². The van der Waals surface area contributed by atoms with Gasteiger partial charge in [0.15, 0.2) is 0 Å². The minimum atomic E-state index is 0.0948. The van der Waals surface area contributed by atoms with Crippen molar-refractivity contribution in [2.45, 2.75) is 39.2 Å². The van der Waals surface area contributed by atoms with Crippen LogP contribution in [0.15, 0.2) is 72.4 Å². The number of benzene rings is 2. The van der Waals surface area contributed by atoms with Crippen LogP contribution >= 0.6 is 0 Å². The molecule has 1 N–H and O–H groups in total. The molecule has 0 radical (unpaired) electrons. The van der Waals surface area contributed by atoms with Gasteiger partial charge >= 0.3 is 0 Å². The number of rotatable bonds is 8. The van der Waals surface area contributed by atoms with Gasteiger partial charge in [-0.2, -0.15) is 0 Å². The van der Waals surface area contributed by atoms with E-state index >= 15 is 0 Å². The zero-order chi connectivity index (χ0) is 16.5. The molecule has 0 fully saturated rings. The van der Waals surface area contributed by atoms with Gasteiger partial charge in [0.05, 0.1) is 0 Å². The Labute approximate surface area is 139 Å². The summed E-state index contributed by atoms with van der Waals surface area (Å²) in [5, 5.41) is 3.55. The van der Waals surface area contributed by atoms with Crippen molar-refractivity contribution in [2.24, 2.45) is 0 Å². The summed E-state index contributed by atoms with van der Waals surface area (Å²) in [6, 6.07) is 20.6. The third-order valence-corrected chi connectivity index (χ3v) is 3.83. The van der Waals surface area contributed by atoms with Crippen LogP contribution in [-0.2, 0) is 11.3 Å². The van der Waals surface area contributed by atoms with Crippen LogP contribution < -0.4 is 5.32 Å². The Bertz CT molecular complexity index is 631. The smallest absolute Gasteiger partial charge is 0.130 e. The molecule has 0 saturated heterocycles. The summed E-state index contributed by atoms with van der Waals surface area (Å²) in [7, 11) is 0. The highest BCUT2D eigenvalue weighted by Crippen LogP contribution is 2.27. The van der Waals surface area contributed by atoms with Gasteiger partial charge in [0, 0.05) is 24.6 Å². The van der Waals surface area contributed by atoms with Gasteiger partial charge in [-0.3, -0.25) is 4.79 Å². The van der Waals surface area contributed by atoms with Crippen LogP contribution in [0.2, 0.25) is 0 Å². The lowest BCUT2D eigenvalue weighted by molar-refractivity contribution is -0.117. The van der Waals surface area contributed by atoms with Gasteiger partial charge in [-0.05, 0) is 24.5 Å². The van der Waals surface area contributed by atoms with Gasteiger partial charge in [-0.1, -0.05) is 73.7 Å². The van der Waals surface area contributed by atoms with E-state index in [2.05, 4.69) is 42.6 Å². The standard InChI is InChI=1S/C21H25NO/c1-3-10-21(22-16-18-11-6-4-7-12-18)20(15-17(2)23)19-13-8-5-9-14-19/h4-14,20,22H,3,15-16H2,1-2H3/b21-10-. The summed E-state index contributed by atoms with van der Waals surface area (Å²) < 4.78 is 0. The molecule has 2 heteroatoms. The first-order valence-electron chi connectivity index (χ1n) is 8.23. The lowest BCUT2D eigenvalue weighted by Gasteiger charge is -2.22. The fourth-order valence-electron chi connectivity index (χ4n) is 2.74. The Morgan fingerprint density at radius 1 is 1.04 bits per heavy atom. The van der Waals surface area contributed by atoms with Gasteiger partial charge in [0.25, 0.3) is 0 Å². The molecule has 0 bridgehead atoms. The maximum absolute atomic E-state index is 11.8. The summed E-state index contributed by atoms with van der Waals surface area (Å²) >= 11 is 0. The normalized spacial score (nSPS) is 12.7. The average molecular weight is 307 g/mol. The highest BCUT2D eigenvalue weighted by Gasteiger charge is 2.18. The Morgan fingerprint density at radius 2 is 1.65 bits per heavy atom. The molecule has 2 aromatic carbocycles. The summed E-state index contributed by atoms with van der Waals surface area (Å²) in [4.78, 5) is 11.8. The number of carbonyl (C=O) groups excluding carboxylic acids is 1. The van der Waals surface area contributed by atoms with Crippen LogP contribution in [0, 0.1) is 0 Å². The first kappa shape index (κ1) is 17.0.